The molecule has 0 radical (unpaired) electrons. The lowest BCUT2D eigenvalue weighted by Crippen LogP contribution is -1.90. The molecule has 214 valence electrons. The van der Waals surface area contributed by atoms with E-state index in [0.717, 1.165) is 88.4 Å². The van der Waals surface area contributed by atoms with Crippen molar-refractivity contribution in [2.24, 2.45) is 0 Å². The number of hydrogen-bond acceptors (Lipinski definition) is 3. The van der Waals surface area contributed by atoms with E-state index in [1.807, 2.05) is 66.7 Å². The molecule has 0 N–H and O–H groups in total. The monoisotopic (exact) mass is 587 g/mol. The molecule has 0 amide bonds. The average molecular weight is 588 g/mol. The maximum Gasteiger partial charge on any atom is 0.136 e. The van der Waals surface area contributed by atoms with Gasteiger partial charge in [-0.25, -0.2) is 0 Å². The van der Waals surface area contributed by atoms with Crippen molar-refractivity contribution in [1.29, 1.82) is 5.26 Å². The van der Waals surface area contributed by atoms with Crippen LogP contribution in [0.5, 0.6) is 0 Å². The predicted octanol–water partition coefficient (Wildman–Crippen LogP) is 12.0. The third-order valence-electron chi connectivity index (χ3n) is 8.90. The maximum atomic E-state index is 10.1. The Hall–Kier alpha value is -6.37. The second kappa shape index (κ2) is 10.4. The lowest BCUT2D eigenvalue weighted by Gasteiger charge is -2.15. The molecule has 0 atom stereocenters. The summed E-state index contributed by atoms with van der Waals surface area (Å²) >= 11 is 0. The number of furan rings is 2. The van der Waals surface area contributed by atoms with Crippen LogP contribution < -0.4 is 0 Å². The molecule has 9 rings (SSSR count). The van der Waals surface area contributed by atoms with Crippen LogP contribution in [-0.4, -0.2) is 0 Å². The zero-order valence-electron chi connectivity index (χ0n) is 24.7. The molecule has 3 nitrogen and oxygen atoms in total. The van der Waals surface area contributed by atoms with Crippen molar-refractivity contribution in [3.63, 3.8) is 0 Å². The minimum atomic E-state index is 0.615. The standard InChI is InChI=1S/C43H25NO2/c44-26-27-20-32(28-8-2-1-3-9-28)22-33(21-27)39-23-29(30-15-18-37-35-10-4-6-12-40(35)45-42(37)24-30)14-17-34(39)31-16-19-38-36-11-5-7-13-41(36)46-43(38)25-31/h1-25H. The average Bonchev–Trinajstić information content (AvgIpc) is 3.69. The quantitative estimate of drug-likeness (QED) is 0.206. The van der Waals surface area contributed by atoms with E-state index in [1.54, 1.807) is 0 Å². The van der Waals surface area contributed by atoms with E-state index in [1.165, 1.54) is 0 Å². The minimum absolute atomic E-state index is 0.615. The van der Waals surface area contributed by atoms with Crippen LogP contribution in [0.2, 0.25) is 0 Å². The Morgan fingerprint density at radius 2 is 0.891 bits per heavy atom. The van der Waals surface area contributed by atoms with Gasteiger partial charge in [0, 0.05) is 21.5 Å². The van der Waals surface area contributed by atoms with Crippen LogP contribution in [0, 0.1) is 11.3 Å². The van der Waals surface area contributed by atoms with Gasteiger partial charge in [-0.2, -0.15) is 5.26 Å². The molecular formula is C43H25NO2. The van der Waals surface area contributed by atoms with Crippen molar-refractivity contribution in [2.45, 2.75) is 0 Å². The topological polar surface area (TPSA) is 50.1 Å². The highest BCUT2D eigenvalue weighted by Crippen LogP contribution is 2.41. The van der Waals surface area contributed by atoms with Gasteiger partial charge in [0.15, 0.2) is 0 Å². The maximum absolute atomic E-state index is 10.1. The lowest BCUT2D eigenvalue weighted by molar-refractivity contribution is 0.668. The highest BCUT2D eigenvalue weighted by Gasteiger charge is 2.16. The highest BCUT2D eigenvalue weighted by molar-refractivity contribution is 6.07. The van der Waals surface area contributed by atoms with Gasteiger partial charge in [-0.15, -0.1) is 0 Å². The predicted molar refractivity (Wildman–Crippen MR) is 187 cm³/mol. The third-order valence-corrected chi connectivity index (χ3v) is 8.90. The SMILES string of the molecule is N#Cc1cc(-c2ccccc2)cc(-c2cc(-c3ccc4c(c3)oc3ccccc34)ccc2-c2ccc3c(c2)oc2ccccc23)c1. The van der Waals surface area contributed by atoms with Gasteiger partial charge in [0.1, 0.15) is 22.3 Å². The first-order valence-electron chi connectivity index (χ1n) is 15.3. The van der Waals surface area contributed by atoms with Gasteiger partial charge in [-0.1, -0.05) is 91.0 Å². The number of benzene rings is 7. The number of fused-ring (bicyclic) bond motifs is 6. The van der Waals surface area contributed by atoms with Crippen LogP contribution in [0.25, 0.3) is 88.4 Å². The molecule has 3 heteroatoms. The van der Waals surface area contributed by atoms with Gasteiger partial charge in [0.25, 0.3) is 0 Å². The summed E-state index contributed by atoms with van der Waals surface area (Å²) in [4.78, 5) is 0. The van der Waals surface area contributed by atoms with Crippen molar-refractivity contribution in [1.82, 2.24) is 0 Å². The summed E-state index contributed by atoms with van der Waals surface area (Å²) in [5.74, 6) is 0. The summed E-state index contributed by atoms with van der Waals surface area (Å²) in [5, 5.41) is 14.5. The second-order valence-electron chi connectivity index (χ2n) is 11.7. The van der Waals surface area contributed by atoms with Gasteiger partial charge in [0.2, 0.25) is 0 Å². The fourth-order valence-corrected chi connectivity index (χ4v) is 6.66. The first-order chi connectivity index (χ1) is 22.7. The Kier molecular flexibility index (Phi) is 5.88. The van der Waals surface area contributed by atoms with E-state index in [4.69, 9.17) is 8.83 Å². The van der Waals surface area contributed by atoms with E-state index >= 15 is 0 Å². The van der Waals surface area contributed by atoms with Gasteiger partial charge < -0.3 is 8.83 Å². The van der Waals surface area contributed by atoms with E-state index in [9.17, 15) is 5.26 Å². The Morgan fingerprint density at radius 1 is 0.348 bits per heavy atom. The molecule has 7 aromatic carbocycles. The molecule has 0 spiro atoms. The van der Waals surface area contributed by atoms with Crippen molar-refractivity contribution in [3.8, 4) is 50.6 Å². The molecule has 0 saturated heterocycles. The van der Waals surface area contributed by atoms with E-state index < -0.39 is 0 Å². The van der Waals surface area contributed by atoms with Crippen LogP contribution in [0.4, 0.5) is 0 Å². The zero-order valence-corrected chi connectivity index (χ0v) is 24.7. The van der Waals surface area contributed by atoms with Gasteiger partial charge in [0.05, 0.1) is 11.6 Å². The van der Waals surface area contributed by atoms with E-state index in [0.29, 0.717) is 5.56 Å². The number of nitrogens with zero attached hydrogens (tertiary/aromatic N) is 1. The molecule has 0 bridgehead atoms. The van der Waals surface area contributed by atoms with Gasteiger partial charge >= 0.3 is 0 Å². The van der Waals surface area contributed by atoms with Crippen molar-refractivity contribution >= 4 is 43.9 Å². The summed E-state index contributed by atoms with van der Waals surface area (Å²) in [6.45, 7) is 0. The molecule has 0 fully saturated rings. The minimum Gasteiger partial charge on any atom is -0.456 e. The Balaban J connectivity index is 1.26. The summed E-state index contributed by atoms with van der Waals surface area (Å²) in [5.41, 5.74) is 12.4. The Labute approximate surface area is 265 Å². The molecule has 2 heterocycles. The molecule has 0 unspecified atom stereocenters. The summed E-state index contributed by atoms with van der Waals surface area (Å²) in [6.07, 6.45) is 0. The number of hydrogen-bond donors (Lipinski definition) is 0. The summed E-state index contributed by atoms with van der Waals surface area (Å²) in [7, 11) is 0. The zero-order chi connectivity index (χ0) is 30.6. The molecule has 0 saturated carbocycles. The molecular weight excluding hydrogens is 562 g/mol. The fourth-order valence-electron chi connectivity index (χ4n) is 6.66. The van der Waals surface area contributed by atoms with Gasteiger partial charge in [-0.05, 0) is 105 Å². The van der Waals surface area contributed by atoms with Crippen molar-refractivity contribution < 1.29 is 8.83 Å². The van der Waals surface area contributed by atoms with Crippen molar-refractivity contribution in [2.75, 3.05) is 0 Å². The molecule has 2 aromatic heterocycles. The normalized spacial score (nSPS) is 11.5. The molecule has 0 aliphatic rings. The van der Waals surface area contributed by atoms with Crippen LogP contribution in [0.3, 0.4) is 0 Å². The second-order valence-corrected chi connectivity index (χ2v) is 11.7. The summed E-state index contributed by atoms with van der Waals surface area (Å²) in [6, 6.07) is 54.4. The Bertz CT molecular complexity index is 2650. The van der Waals surface area contributed by atoms with E-state index in [2.05, 4.69) is 91.0 Å². The van der Waals surface area contributed by atoms with Crippen LogP contribution in [-0.2, 0) is 0 Å². The fraction of sp³-hybridized carbons (Fsp3) is 0. The van der Waals surface area contributed by atoms with Crippen molar-refractivity contribution in [3.05, 3.63) is 157 Å². The largest absolute Gasteiger partial charge is 0.456 e. The highest BCUT2D eigenvalue weighted by atomic mass is 16.3. The van der Waals surface area contributed by atoms with Crippen LogP contribution in [0.1, 0.15) is 5.56 Å². The molecule has 9 aromatic rings. The first kappa shape index (κ1) is 26.1. The third kappa shape index (κ3) is 4.28. The summed E-state index contributed by atoms with van der Waals surface area (Å²) < 4.78 is 12.5. The lowest BCUT2D eigenvalue weighted by atomic mass is 9.88. The smallest absolute Gasteiger partial charge is 0.136 e. The Morgan fingerprint density at radius 3 is 1.59 bits per heavy atom. The van der Waals surface area contributed by atoms with Gasteiger partial charge in [-0.3, -0.25) is 0 Å². The number of nitriles is 1. The molecule has 0 aliphatic carbocycles. The first-order valence-corrected chi connectivity index (χ1v) is 15.3. The molecule has 0 aliphatic heterocycles. The number of rotatable bonds is 4. The van der Waals surface area contributed by atoms with E-state index in [-0.39, 0.29) is 0 Å². The van der Waals surface area contributed by atoms with Crippen LogP contribution >= 0.6 is 0 Å². The van der Waals surface area contributed by atoms with Crippen LogP contribution in [0.15, 0.2) is 160 Å². The molecule has 46 heavy (non-hydrogen) atoms. The number of para-hydroxylation sites is 2.